The van der Waals surface area contributed by atoms with E-state index in [2.05, 4.69) is 18.9 Å². The lowest BCUT2D eigenvalue weighted by Gasteiger charge is -2.08. The van der Waals surface area contributed by atoms with Crippen LogP contribution in [0.15, 0.2) is 12.3 Å². The lowest BCUT2D eigenvalue weighted by molar-refractivity contribution is -0.120. The highest BCUT2D eigenvalue weighted by atomic mass is 16.1. The van der Waals surface area contributed by atoms with Crippen LogP contribution in [0.3, 0.4) is 0 Å². The van der Waals surface area contributed by atoms with Gasteiger partial charge in [0.25, 0.3) is 0 Å². The second-order valence-electron chi connectivity index (χ2n) is 4.80. The quantitative estimate of drug-likeness (QED) is 0.818. The van der Waals surface area contributed by atoms with E-state index in [0.717, 1.165) is 25.0 Å². The van der Waals surface area contributed by atoms with Crippen molar-refractivity contribution in [3.8, 4) is 0 Å². The normalized spacial score (nSPS) is 19.4. The van der Waals surface area contributed by atoms with Gasteiger partial charge in [0.15, 0.2) is 5.78 Å². The van der Waals surface area contributed by atoms with E-state index in [1.54, 1.807) is 0 Å². The van der Waals surface area contributed by atoms with Crippen LogP contribution in [-0.4, -0.2) is 21.1 Å². The van der Waals surface area contributed by atoms with Crippen LogP contribution in [0.2, 0.25) is 0 Å². The van der Waals surface area contributed by atoms with Gasteiger partial charge in [0, 0.05) is 12.2 Å². The average Bonchev–Trinajstić information content (AvgIpc) is 2.86. The zero-order valence-corrected chi connectivity index (χ0v) is 9.94. The minimum absolute atomic E-state index is 0.127. The first-order valence-electron chi connectivity index (χ1n) is 5.91. The highest BCUT2D eigenvalue weighted by Gasteiger charge is 2.45. The Kier molecular flexibility index (Phi) is 2.84. The second kappa shape index (κ2) is 4.01. The first-order valence-corrected chi connectivity index (χ1v) is 5.91. The molecule has 0 saturated heterocycles. The van der Waals surface area contributed by atoms with Crippen molar-refractivity contribution in [3.05, 3.63) is 18.0 Å². The summed E-state index contributed by atoms with van der Waals surface area (Å²) in [7, 11) is 0. The molecule has 1 saturated carbocycles. The Labute approximate surface area is 95.8 Å². The molecule has 1 aliphatic carbocycles. The summed E-state index contributed by atoms with van der Waals surface area (Å²) in [6.45, 7) is 4.24. The number of rotatable bonds is 5. The van der Waals surface area contributed by atoms with Crippen molar-refractivity contribution in [2.75, 3.05) is 0 Å². The van der Waals surface area contributed by atoms with Crippen LogP contribution in [0.5, 0.6) is 0 Å². The summed E-state index contributed by atoms with van der Waals surface area (Å²) in [6.07, 6.45) is 5.01. The summed E-state index contributed by atoms with van der Waals surface area (Å²) in [5.74, 6) is 0.127. The van der Waals surface area contributed by atoms with Crippen LogP contribution in [-0.2, 0) is 11.2 Å². The van der Waals surface area contributed by atoms with Crippen LogP contribution in [0.25, 0.3) is 0 Å². The number of carbonyl (C=O) groups is 1. The monoisotopic (exact) mass is 221 g/mol. The predicted molar refractivity (Wildman–Crippen MR) is 62.1 cm³/mol. The molecular formula is C12H19N3O. The highest BCUT2D eigenvalue weighted by Crippen LogP contribution is 2.33. The third-order valence-corrected chi connectivity index (χ3v) is 3.39. The molecule has 16 heavy (non-hydrogen) atoms. The fourth-order valence-corrected chi connectivity index (χ4v) is 1.66. The lowest BCUT2D eigenvalue weighted by atomic mass is 10.1. The Morgan fingerprint density at radius 2 is 2.38 bits per heavy atom. The largest absolute Gasteiger partial charge is 0.319 e. The number of Topliss-reactive ketones (excluding diaryl/α,β-unsaturated/α-hetero) is 1. The molecule has 1 atom stereocenters. The molecule has 2 rings (SSSR count). The topological polar surface area (TPSA) is 60.9 Å². The van der Waals surface area contributed by atoms with Crippen molar-refractivity contribution in [2.45, 2.75) is 51.1 Å². The van der Waals surface area contributed by atoms with Crippen molar-refractivity contribution < 1.29 is 4.79 Å². The van der Waals surface area contributed by atoms with Gasteiger partial charge in [0.05, 0.1) is 17.7 Å². The van der Waals surface area contributed by atoms with Gasteiger partial charge in [0.2, 0.25) is 0 Å². The molecule has 1 aliphatic rings. The van der Waals surface area contributed by atoms with Gasteiger partial charge in [-0.05, 0) is 32.3 Å². The Balaban J connectivity index is 2.00. The SMILES string of the molecule is CCC(C)n1ccc(CC(=O)C2(N)CC2)n1. The summed E-state index contributed by atoms with van der Waals surface area (Å²) in [5.41, 5.74) is 6.15. The van der Waals surface area contributed by atoms with Crippen LogP contribution in [0.1, 0.15) is 44.8 Å². The minimum atomic E-state index is -0.528. The van der Waals surface area contributed by atoms with Crippen molar-refractivity contribution in [1.29, 1.82) is 0 Å². The molecule has 1 fully saturated rings. The maximum absolute atomic E-state index is 11.8. The van der Waals surface area contributed by atoms with Gasteiger partial charge < -0.3 is 5.73 Å². The van der Waals surface area contributed by atoms with E-state index >= 15 is 0 Å². The Morgan fingerprint density at radius 3 is 2.94 bits per heavy atom. The summed E-state index contributed by atoms with van der Waals surface area (Å²) in [5, 5.41) is 4.40. The van der Waals surface area contributed by atoms with E-state index in [1.165, 1.54) is 0 Å². The molecule has 0 amide bonds. The molecule has 1 aromatic heterocycles. The standard InChI is InChI=1S/C12H19N3O/c1-3-9(2)15-7-4-10(14-15)8-11(16)12(13)5-6-12/h4,7,9H,3,5-6,8,13H2,1-2H3. The number of nitrogens with zero attached hydrogens (tertiary/aromatic N) is 2. The fraction of sp³-hybridized carbons (Fsp3) is 0.667. The van der Waals surface area contributed by atoms with Crippen molar-refractivity contribution in [3.63, 3.8) is 0 Å². The van der Waals surface area contributed by atoms with Gasteiger partial charge >= 0.3 is 0 Å². The second-order valence-corrected chi connectivity index (χ2v) is 4.80. The van der Waals surface area contributed by atoms with Gasteiger partial charge in [0.1, 0.15) is 0 Å². The zero-order valence-electron chi connectivity index (χ0n) is 9.94. The zero-order chi connectivity index (χ0) is 11.8. The first-order chi connectivity index (χ1) is 7.55. The molecule has 1 heterocycles. The van der Waals surface area contributed by atoms with Gasteiger partial charge in [-0.25, -0.2) is 0 Å². The molecule has 1 aromatic rings. The molecule has 4 nitrogen and oxygen atoms in total. The van der Waals surface area contributed by atoms with E-state index in [0.29, 0.717) is 12.5 Å². The maximum Gasteiger partial charge on any atom is 0.158 e. The van der Waals surface area contributed by atoms with Crippen LogP contribution >= 0.6 is 0 Å². The number of carbonyl (C=O) groups excluding carboxylic acids is 1. The third kappa shape index (κ3) is 2.16. The molecule has 0 spiro atoms. The molecular weight excluding hydrogens is 202 g/mol. The van der Waals surface area contributed by atoms with Crippen molar-refractivity contribution >= 4 is 5.78 Å². The lowest BCUT2D eigenvalue weighted by Crippen LogP contribution is -2.34. The van der Waals surface area contributed by atoms with E-state index in [1.807, 2.05) is 16.9 Å². The molecule has 0 aliphatic heterocycles. The number of ketones is 1. The van der Waals surface area contributed by atoms with E-state index in [4.69, 9.17) is 5.73 Å². The molecule has 1 unspecified atom stereocenters. The third-order valence-electron chi connectivity index (χ3n) is 3.39. The number of aromatic nitrogens is 2. The summed E-state index contributed by atoms with van der Waals surface area (Å²) in [4.78, 5) is 11.8. The maximum atomic E-state index is 11.8. The van der Waals surface area contributed by atoms with Gasteiger partial charge in [-0.1, -0.05) is 6.92 Å². The van der Waals surface area contributed by atoms with E-state index in [9.17, 15) is 4.79 Å². The molecule has 4 heteroatoms. The summed E-state index contributed by atoms with van der Waals surface area (Å²) >= 11 is 0. The van der Waals surface area contributed by atoms with Crippen LogP contribution in [0, 0.1) is 0 Å². The number of hydrogen-bond donors (Lipinski definition) is 1. The van der Waals surface area contributed by atoms with E-state index in [-0.39, 0.29) is 5.78 Å². The predicted octanol–water partition coefficient (Wildman–Crippen LogP) is 1.46. The molecule has 0 radical (unpaired) electrons. The molecule has 0 bridgehead atoms. The Hall–Kier alpha value is -1.16. The number of nitrogens with two attached hydrogens (primary N) is 1. The Morgan fingerprint density at radius 1 is 1.69 bits per heavy atom. The summed E-state index contributed by atoms with van der Waals surface area (Å²) in [6, 6.07) is 2.30. The molecule has 2 N–H and O–H groups in total. The van der Waals surface area contributed by atoms with Crippen LogP contribution < -0.4 is 5.73 Å². The molecule has 88 valence electrons. The van der Waals surface area contributed by atoms with Crippen molar-refractivity contribution in [1.82, 2.24) is 9.78 Å². The fourth-order valence-electron chi connectivity index (χ4n) is 1.66. The van der Waals surface area contributed by atoms with Crippen molar-refractivity contribution in [2.24, 2.45) is 5.73 Å². The number of hydrogen-bond acceptors (Lipinski definition) is 3. The summed E-state index contributed by atoms with van der Waals surface area (Å²) < 4.78 is 1.92. The van der Waals surface area contributed by atoms with Crippen LogP contribution in [0.4, 0.5) is 0 Å². The van der Waals surface area contributed by atoms with Gasteiger partial charge in [-0.15, -0.1) is 0 Å². The smallest absolute Gasteiger partial charge is 0.158 e. The van der Waals surface area contributed by atoms with Gasteiger partial charge in [-0.2, -0.15) is 5.10 Å². The highest BCUT2D eigenvalue weighted by molar-refractivity contribution is 5.92. The minimum Gasteiger partial charge on any atom is -0.319 e. The molecule has 0 aromatic carbocycles. The first kappa shape index (κ1) is 11.3. The van der Waals surface area contributed by atoms with E-state index < -0.39 is 5.54 Å². The Bertz CT molecular complexity index is 393. The van der Waals surface area contributed by atoms with Gasteiger partial charge in [-0.3, -0.25) is 9.48 Å². The average molecular weight is 221 g/mol.